The minimum atomic E-state index is 0.138. The Kier molecular flexibility index (Phi) is 2.88. The second kappa shape index (κ2) is 5.03. The lowest BCUT2D eigenvalue weighted by Gasteiger charge is -2.00. The van der Waals surface area contributed by atoms with E-state index in [-0.39, 0.29) is 5.82 Å². The van der Waals surface area contributed by atoms with E-state index in [1.54, 1.807) is 25.7 Å². The monoisotopic (exact) mass is 302 g/mol. The zero-order valence-corrected chi connectivity index (χ0v) is 12.1. The van der Waals surface area contributed by atoms with Gasteiger partial charge in [-0.3, -0.25) is 0 Å². The summed E-state index contributed by atoms with van der Waals surface area (Å²) in [5.74, 6) is 0.684. The van der Waals surface area contributed by atoms with Crippen LogP contribution in [-0.2, 0) is 0 Å². The highest BCUT2D eigenvalue weighted by atomic mass is 16.5. The Morgan fingerprint density at radius 3 is 2.65 bits per heavy atom. The maximum Gasteiger partial charge on any atom is 0.232 e. The van der Waals surface area contributed by atoms with Gasteiger partial charge in [0, 0.05) is 41.0 Å². The zero-order chi connectivity index (χ0) is 15.8. The smallest absolute Gasteiger partial charge is 0.232 e. The van der Waals surface area contributed by atoms with E-state index >= 15 is 0 Å². The molecule has 1 N–H and O–H groups in total. The lowest BCUT2D eigenvalue weighted by atomic mass is 10.2. The van der Waals surface area contributed by atoms with Crippen LogP contribution < -0.4 is 4.74 Å². The first-order chi connectivity index (χ1) is 11.3. The van der Waals surface area contributed by atoms with Gasteiger partial charge in [0.05, 0.1) is 18.3 Å². The van der Waals surface area contributed by atoms with E-state index in [0.29, 0.717) is 5.88 Å². The molecule has 0 spiro atoms. The fourth-order valence-electron chi connectivity index (χ4n) is 2.44. The van der Waals surface area contributed by atoms with Crippen LogP contribution in [0, 0.1) is 11.3 Å². The van der Waals surface area contributed by atoms with E-state index in [1.807, 2.05) is 24.3 Å². The van der Waals surface area contributed by atoms with E-state index in [2.05, 4.69) is 24.9 Å². The van der Waals surface area contributed by atoms with Gasteiger partial charge in [-0.2, -0.15) is 5.26 Å². The number of hydrogen-bond donors (Lipinski definition) is 1. The van der Waals surface area contributed by atoms with Crippen molar-refractivity contribution in [2.45, 2.75) is 0 Å². The van der Waals surface area contributed by atoms with Crippen LogP contribution >= 0.6 is 0 Å². The molecule has 0 radical (unpaired) electrons. The Morgan fingerprint density at radius 1 is 1.09 bits per heavy atom. The molecule has 0 saturated carbocycles. The summed E-state index contributed by atoms with van der Waals surface area (Å²) in [6.45, 7) is 0. The third-order valence-corrected chi connectivity index (χ3v) is 3.57. The number of ether oxygens (including phenoxy) is 1. The Hall–Kier alpha value is -3.53. The molecule has 4 heterocycles. The Bertz CT molecular complexity index is 1060. The summed E-state index contributed by atoms with van der Waals surface area (Å²) in [5, 5.41) is 10.7. The van der Waals surface area contributed by atoms with Gasteiger partial charge in [-0.15, -0.1) is 0 Å². The van der Waals surface area contributed by atoms with E-state index in [0.717, 1.165) is 33.2 Å². The summed E-state index contributed by atoms with van der Waals surface area (Å²) in [4.78, 5) is 20.0. The van der Waals surface area contributed by atoms with Crippen molar-refractivity contribution in [2.24, 2.45) is 0 Å². The summed E-state index contributed by atoms with van der Waals surface area (Å²) in [6, 6.07) is 7.60. The third-order valence-electron chi connectivity index (χ3n) is 3.57. The molecule has 0 bridgehead atoms. The van der Waals surface area contributed by atoms with Crippen LogP contribution in [0.5, 0.6) is 5.88 Å². The number of aromatic amines is 1. The molecule has 4 rings (SSSR count). The number of nitrogens with one attached hydrogen (secondary N) is 1. The van der Waals surface area contributed by atoms with Crippen molar-refractivity contribution in [3.63, 3.8) is 0 Å². The van der Waals surface area contributed by atoms with Crippen molar-refractivity contribution < 1.29 is 4.74 Å². The molecule has 4 aromatic heterocycles. The molecule has 7 heteroatoms. The fourth-order valence-corrected chi connectivity index (χ4v) is 2.44. The molecular weight excluding hydrogens is 292 g/mol. The summed E-state index contributed by atoms with van der Waals surface area (Å²) in [7, 11) is 1.58. The van der Waals surface area contributed by atoms with E-state index in [1.165, 1.54) is 0 Å². The number of hydrogen-bond acceptors (Lipinski definition) is 6. The number of nitrogens with zero attached hydrogens (tertiary/aromatic N) is 5. The minimum Gasteiger partial charge on any atom is -0.481 e. The number of methoxy groups -OCH3 is 1. The maximum atomic E-state index is 8.75. The van der Waals surface area contributed by atoms with Crippen molar-refractivity contribution >= 4 is 21.9 Å². The highest BCUT2D eigenvalue weighted by Crippen LogP contribution is 2.27. The average molecular weight is 302 g/mol. The lowest BCUT2D eigenvalue weighted by molar-refractivity contribution is 0.398. The predicted molar refractivity (Wildman–Crippen MR) is 83.7 cm³/mol. The zero-order valence-electron chi connectivity index (χ0n) is 12.1. The minimum absolute atomic E-state index is 0.138. The van der Waals surface area contributed by atoms with Gasteiger partial charge in [0.15, 0.2) is 0 Å². The van der Waals surface area contributed by atoms with Gasteiger partial charge < -0.3 is 9.72 Å². The standard InChI is InChI=1S/C16H10N6O/c1-23-15-4-13-11(8-20-15)10-2-3-12(21-16(10)22-13)9-6-18-14(5-17)19-7-9/h2-4,6-8H,1H3,(H,21,22). The maximum absolute atomic E-state index is 8.75. The highest BCUT2D eigenvalue weighted by Gasteiger charge is 2.09. The number of nitriles is 1. The van der Waals surface area contributed by atoms with E-state index in [9.17, 15) is 0 Å². The van der Waals surface area contributed by atoms with Crippen molar-refractivity contribution in [2.75, 3.05) is 7.11 Å². The number of rotatable bonds is 2. The molecule has 0 aliphatic rings. The number of aromatic nitrogens is 5. The van der Waals surface area contributed by atoms with Gasteiger partial charge in [-0.05, 0) is 12.1 Å². The Morgan fingerprint density at radius 2 is 1.91 bits per heavy atom. The van der Waals surface area contributed by atoms with Crippen LogP contribution in [0.4, 0.5) is 0 Å². The Balaban J connectivity index is 1.86. The molecule has 0 fully saturated rings. The van der Waals surface area contributed by atoms with Crippen LogP contribution in [0.1, 0.15) is 5.82 Å². The van der Waals surface area contributed by atoms with Crippen LogP contribution in [0.15, 0.2) is 36.8 Å². The molecule has 0 unspecified atom stereocenters. The molecule has 0 atom stereocenters. The molecule has 0 aromatic carbocycles. The summed E-state index contributed by atoms with van der Waals surface area (Å²) < 4.78 is 5.14. The molecule has 0 saturated heterocycles. The first-order valence-electron chi connectivity index (χ1n) is 6.83. The molecule has 110 valence electrons. The lowest BCUT2D eigenvalue weighted by Crippen LogP contribution is -1.91. The normalized spacial score (nSPS) is 10.8. The topological polar surface area (TPSA) is 100 Å². The van der Waals surface area contributed by atoms with E-state index < -0.39 is 0 Å². The first-order valence-corrected chi connectivity index (χ1v) is 6.83. The van der Waals surface area contributed by atoms with Crippen molar-refractivity contribution in [3.05, 3.63) is 42.6 Å². The van der Waals surface area contributed by atoms with Crippen LogP contribution in [0.2, 0.25) is 0 Å². The molecular formula is C16H10N6O. The SMILES string of the molecule is COc1cc2[nH]c3nc(-c4cnc(C#N)nc4)ccc3c2cn1. The number of fused-ring (bicyclic) bond motifs is 3. The highest BCUT2D eigenvalue weighted by molar-refractivity contribution is 6.06. The fraction of sp³-hybridized carbons (Fsp3) is 0.0625. The summed E-state index contributed by atoms with van der Waals surface area (Å²) in [5.41, 5.74) is 3.14. The van der Waals surface area contributed by atoms with Crippen LogP contribution in [0.25, 0.3) is 33.2 Å². The summed E-state index contributed by atoms with van der Waals surface area (Å²) >= 11 is 0. The second-order valence-electron chi connectivity index (χ2n) is 4.90. The van der Waals surface area contributed by atoms with E-state index in [4.69, 9.17) is 10.00 Å². The Labute approximate surface area is 130 Å². The predicted octanol–water partition coefficient (Wildman–Crippen LogP) is 2.45. The van der Waals surface area contributed by atoms with Gasteiger partial charge in [0.25, 0.3) is 0 Å². The van der Waals surface area contributed by atoms with Gasteiger partial charge in [0.2, 0.25) is 11.7 Å². The van der Waals surface area contributed by atoms with Gasteiger partial charge >= 0.3 is 0 Å². The van der Waals surface area contributed by atoms with Gasteiger partial charge in [-0.25, -0.2) is 19.9 Å². The largest absolute Gasteiger partial charge is 0.481 e. The summed E-state index contributed by atoms with van der Waals surface area (Å²) in [6.07, 6.45) is 4.94. The first kappa shape index (κ1) is 13.2. The second-order valence-corrected chi connectivity index (χ2v) is 4.90. The van der Waals surface area contributed by atoms with Crippen LogP contribution in [-0.4, -0.2) is 32.0 Å². The van der Waals surface area contributed by atoms with Crippen LogP contribution in [0.3, 0.4) is 0 Å². The molecule has 0 aliphatic carbocycles. The third kappa shape index (κ3) is 2.13. The molecule has 0 amide bonds. The van der Waals surface area contributed by atoms with Gasteiger partial charge in [-0.1, -0.05) is 0 Å². The van der Waals surface area contributed by atoms with Gasteiger partial charge in [0.1, 0.15) is 11.7 Å². The molecule has 23 heavy (non-hydrogen) atoms. The molecule has 0 aliphatic heterocycles. The quantitative estimate of drug-likeness (QED) is 0.610. The number of H-pyrrole nitrogens is 1. The molecule has 4 aromatic rings. The van der Waals surface area contributed by atoms with Crippen molar-refractivity contribution in [1.29, 1.82) is 5.26 Å². The number of pyridine rings is 2. The van der Waals surface area contributed by atoms with Crippen molar-refractivity contribution in [1.82, 2.24) is 24.9 Å². The molecule has 7 nitrogen and oxygen atoms in total. The average Bonchev–Trinajstić information content (AvgIpc) is 2.98. The van der Waals surface area contributed by atoms with Crippen molar-refractivity contribution in [3.8, 4) is 23.2 Å².